The number of nitrogens with one attached hydrogen (secondary N) is 1. The number of aliphatic imine (C=N–C) groups is 2. The van der Waals surface area contributed by atoms with E-state index in [0.29, 0.717) is 18.6 Å². The number of nitrogens with zero attached hydrogens (tertiary/aromatic N) is 3. The van der Waals surface area contributed by atoms with Gasteiger partial charge in [-0.1, -0.05) is 19.9 Å². The first kappa shape index (κ1) is 16.9. The molecule has 0 atom stereocenters. The van der Waals surface area contributed by atoms with Gasteiger partial charge in [0, 0.05) is 36.3 Å². The maximum atomic E-state index is 4.85. The molecule has 0 amide bonds. The second-order valence-corrected chi connectivity index (χ2v) is 6.59. The van der Waals surface area contributed by atoms with Gasteiger partial charge in [0.15, 0.2) is 0 Å². The molecule has 0 aromatic heterocycles. The van der Waals surface area contributed by atoms with Gasteiger partial charge in [-0.05, 0) is 38.8 Å². The highest BCUT2D eigenvalue weighted by Gasteiger charge is 2.29. The molecule has 4 nitrogen and oxygen atoms in total. The fourth-order valence-electron chi connectivity index (χ4n) is 3.21. The summed E-state index contributed by atoms with van der Waals surface area (Å²) in [5, 5.41) is 3.54. The Labute approximate surface area is 135 Å². The van der Waals surface area contributed by atoms with Crippen LogP contribution in [0.15, 0.2) is 33.9 Å². The van der Waals surface area contributed by atoms with E-state index in [9.17, 15) is 0 Å². The largest absolute Gasteiger partial charge is 0.355 e. The number of likely N-dealkylation sites (tertiary alicyclic amines) is 1. The van der Waals surface area contributed by atoms with Crippen molar-refractivity contribution < 1.29 is 0 Å². The highest BCUT2D eigenvalue weighted by molar-refractivity contribution is 5.99. The summed E-state index contributed by atoms with van der Waals surface area (Å²) in [6.07, 6.45) is 5.52. The average Bonchev–Trinajstić information content (AvgIpc) is 2.44. The van der Waals surface area contributed by atoms with Crippen molar-refractivity contribution in [1.82, 2.24) is 10.2 Å². The zero-order valence-electron chi connectivity index (χ0n) is 14.3. The van der Waals surface area contributed by atoms with Crippen molar-refractivity contribution in [3.63, 3.8) is 0 Å². The Kier molecular flexibility index (Phi) is 5.95. The van der Waals surface area contributed by atoms with Gasteiger partial charge in [-0.3, -0.25) is 15.3 Å². The van der Waals surface area contributed by atoms with Crippen molar-refractivity contribution in [1.29, 1.82) is 0 Å². The van der Waals surface area contributed by atoms with Crippen LogP contribution in [0, 0.1) is 11.8 Å². The Bertz CT molecular complexity index is 465. The monoisotopic (exact) mass is 302 g/mol. The van der Waals surface area contributed by atoms with Crippen LogP contribution in [0.25, 0.3) is 0 Å². The SMILES string of the molecule is C=CC1CN(C(=NCNC2CC(C)C2)/C(CC)=C(/C)N=C)C1. The minimum absolute atomic E-state index is 0.584. The summed E-state index contributed by atoms with van der Waals surface area (Å²) in [4.78, 5) is 11.3. The van der Waals surface area contributed by atoms with Crippen molar-refractivity contribution >= 4 is 12.6 Å². The van der Waals surface area contributed by atoms with Gasteiger partial charge in [-0.2, -0.15) is 0 Å². The molecule has 1 aliphatic heterocycles. The van der Waals surface area contributed by atoms with Crippen LogP contribution in [0.5, 0.6) is 0 Å². The number of rotatable bonds is 7. The molecule has 2 rings (SSSR count). The minimum atomic E-state index is 0.584. The van der Waals surface area contributed by atoms with Crippen LogP contribution in [-0.2, 0) is 0 Å². The van der Waals surface area contributed by atoms with E-state index in [1.165, 1.54) is 18.4 Å². The highest BCUT2D eigenvalue weighted by Crippen LogP contribution is 2.26. The van der Waals surface area contributed by atoms with Crippen molar-refractivity contribution in [3.05, 3.63) is 23.9 Å². The molecular weight excluding hydrogens is 272 g/mol. The van der Waals surface area contributed by atoms with Gasteiger partial charge in [0.2, 0.25) is 0 Å². The van der Waals surface area contributed by atoms with E-state index >= 15 is 0 Å². The summed E-state index contributed by atoms with van der Waals surface area (Å²) in [5.74, 6) is 2.54. The first-order chi connectivity index (χ1) is 10.6. The molecule has 22 heavy (non-hydrogen) atoms. The lowest BCUT2D eigenvalue weighted by molar-refractivity contribution is 0.226. The average molecular weight is 302 g/mol. The van der Waals surface area contributed by atoms with Crippen LogP contribution in [0.3, 0.4) is 0 Å². The summed E-state index contributed by atoms with van der Waals surface area (Å²) in [5.41, 5.74) is 2.20. The predicted molar refractivity (Wildman–Crippen MR) is 95.4 cm³/mol. The van der Waals surface area contributed by atoms with Crippen molar-refractivity contribution in [2.75, 3.05) is 19.8 Å². The Hall–Kier alpha value is -1.42. The third kappa shape index (κ3) is 3.86. The van der Waals surface area contributed by atoms with Gasteiger partial charge in [0.1, 0.15) is 5.84 Å². The lowest BCUT2D eigenvalue weighted by Crippen LogP contribution is -2.50. The maximum absolute atomic E-state index is 4.85. The lowest BCUT2D eigenvalue weighted by Gasteiger charge is -2.41. The quantitative estimate of drug-likeness (QED) is 0.445. The van der Waals surface area contributed by atoms with Crippen LogP contribution < -0.4 is 5.32 Å². The third-order valence-corrected chi connectivity index (χ3v) is 4.82. The summed E-state index contributed by atoms with van der Waals surface area (Å²) in [6.45, 7) is 16.8. The van der Waals surface area contributed by atoms with Crippen LogP contribution >= 0.6 is 0 Å². The van der Waals surface area contributed by atoms with E-state index in [2.05, 4.69) is 42.4 Å². The zero-order valence-corrected chi connectivity index (χ0v) is 14.3. The van der Waals surface area contributed by atoms with Crippen molar-refractivity contribution in [2.45, 2.75) is 46.1 Å². The molecule has 0 radical (unpaired) electrons. The van der Waals surface area contributed by atoms with E-state index in [0.717, 1.165) is 37.0 Å². The Morgan fingerprint density at radius 2 is 2.05 bits per heavy atom. The Morgan fingerprint density at radius 1 is 1.36 bits per heavy atom. The first-order valence-electron chi connectivity index (χ1n) is 8.41. The maximum Gasteiger partial charge on any atom is 0.129 e. The normalized spacial score (nSPS) is 26.9. The number of allylic oxidation sites excluding steroid dienone is 1. The molecule has 4 heteroatoms. The second kappa shape index (κ2) is 7.73. The summed E-state index contributed by atoms with van der Waals surface area (Å²) >= 11 is 0. The summed E-state index contributed by atoms with van der Waals surface area (Å²) < 4.78 is 0. The molecule has 2 aliphatic rings. The number of amidine groups is 1. The van der Waals surface area contributed by atoms with Crippen molar-refractivity contribution in [3.8, 4) is 0 Å². The van der Waals surface area contributed by atoms with Gasteiger partial charge >= 0.3 is 0 Å². The van der Waals surface area contributed by atoms with Gasteiger partial charge < -0.3 is 4.90 Å². The van der Waals surface area contributed by atoms with Crippen LogP contribution in [0.1, 0.15) is 40.0 Å². The molecule has 122 valence electrons. The molecule has 0 aromatic carbocycles. The lowest BCUT2D eigenvalue weighted by atomic mass is 9.82. The smallest absolute Gasteiger partial charge is 0.129 e. The number of hydrogen-bond donors (Lipinski definition) is 1. The predicted octanol–water partition coefficient (Wildman–Crippen LogP) is 3.23. The Balaban J connectivity index is 2.04. The summed E-state index contributed by atoms with van der Waals surface area (Å²) in [6, 6.07) is 0.644. The van der Waals surface area contributed by atoms with E-state index in [1.54, 1.807) is 0 Å². The highest BCUT2D eigenvalue weighted by atomic mass is 15.3. The zero-order chi connectivity index (χ0) is 16.1. The van der Waals surface area contributed by atoms with Gasteiger partial charge in [-0.15, -0.1) is 6.58 Å². The van der Waals surface area contributed by atoms with Gasteiger partial charge in [-0.25, -0.2) is 0 Å². The van der Waals surface area contributed by atoms with E-state index in [1.807, 2.05) is 13.0 Å². The first-order valence-corrected chi connectivity index (χ1v) is 8.41. The van der Waals surface area contributed by atoms with Gasteiger partial charge in [0.25, 0.3) is 0 Å². The molecule has 2 fully saturated rings. The minimum Gasteiger partial charge on any atom is -0.355 e. The molecule has 0 spiro atoms. The van der Waals surface area contributed by atoms with Crippen LogP contribution in [0.4, 0.5) is 0 Å². The molecule has 0 unspecified atom stereocenters. The molecule has 1 saturated heterocycles. The standard InChI is InChI=1S/C18H30N4/c1-6-15-10-22(11-15)18(17(7-2)14(4)19-5)21-12-20-16-8-13(3)9-16/h6,13,15-16,20H,1,5,7-12H2,2-4H3/b17-14-,21-18?. The van der Waals surface area contributed by atoms with E-state index < -0.39 is 0 Å². The second-order valence-electron chi connectivity index (χ2n) is 6.59. The molecule has 0 aromatic rings. The van der Waals surface area contributed by atoms with E-state index in [-0.39, 0.29) is 0 Å². The molecule has 1 aliphatic carbocycles. The van der Waals surface area contributed by atoms with Crippen molar-refractivity contribution in [2.24, 2.45) is 21.8 Å². The Morgan fingerprint density at radius 3 is 2.55 bits per heavy atom. The fourth-order valence-corrected chi connectivity index (χ4v) is 3.21. The fraction of sp³-hybridized carbons (Fsp3) is 0.667. The topological polar surface area (TPSA) is 40.0 Å². The summed E-state index contributed by atoms with van der Waals surface area (Å²) in [7, 11) is 0. The molecule has 0 bridgehead atoms. The van der Waals surface area contributed by atoms with Gasteiger partial charge in [0.05, 0.1) is 6.67 Å². The molecular formula is C18H30N4. The third-order valence-electron chi connectivity index (χ3n) is 4.82. The van der Waals surface area contributed by atoms with Crippen LogP contribution in [-0.4, -0.2) is 43.3 Å². The van der Waals surface area contributed by atoms with Crippen LogP contribution in [0.2, 0.25) is 0 Å². The molecule has 1 heterocycles. The molecule has 1 N–H and O–H groups in total. The van der Waals surface area contributed by atoms with E-state index in [4.69, 9.17) is 4.99 Å². The molecule has 1 saturated carbocycles. The number of hydrogen-bond acceptors (Lipinski definition) is 3.